The quantitative estimate of drug-likeness (QED) is 0.294. The van der Waals surface area contributed by atoms with Gasteiger partial charge in [-0.2, -0.15) is 0 Å². The fraction of sp³-hybridized carbons (Fsp3) is 0.259. The first-order valence-electron chi connectivity index (χ1n) is 10.7. The summed E-state index contributed by atoms with van der Waals surface area (Å²) in [6.07, 6.45) is 0. The molecule has 1 aromatic heterocycles. The molecule has 1 unspecified atom stereocenters. The van der Waals surface area contributed by atoms with E-state index in [4.69, 9.17) is 4.74 Å². The molecular weight excluding hydrogens is 434 g/mol. The number of hydrogen-bond donors (Lipinski definition) is 1. The van der Waals surface area contributed by atoms with Crippen LogP contribution < -0.4 is 9.64 Å². The Balaban J connectivity index is 1.97. The minimum atomic E-state index is -0.751. The van der Waals surface area contributed by atoms with Crippen molar-refractivity contribution in [3.8, 4) is 5.75 Å². The number of benzene rings is 2. The number of ketones is 1. The molecule has 1 N–H and O–H groups in total. The zero-order chi connectivity index (χ0) is 23.9. The van der Waals surface area contributed by atoms with Crippen LogP contribution in [0.2, 0.25) is 0 Å². The first-order valence-corrected chi connectivity index (χ1v) is 11.6. The number of thiophene rings is 1. The third-order valence-corrected chi connectivity index (χ3v) is 6.89. The van der Waals surface area contributed by atoms with Crippen LogP contribution in [0, 0.1) is 6.92 Å². The van der Waals surface area contributed by atoms with Crippen molar-refractivity contribution in [1.82, 2.24) is 0 Å². The molecule has 1 atom stereocenters. The van der Waals surface area contributed by atoms with E-state index in [0.717, 1.165) is 16.0 Å². The molecule has 2 heterocycles. The molecule has 33 heavy (non-hydrogen) atoms. The van der Waals surface area contributed by atoms with Crippen molar-refractivity contribution in [2.75, 3.05) is 12.0 Å². The zero-order valence-corrected chi connectivity index (χ0v) is 20.2. The van der Waals surface area contributed by atoms with Gasteiger partial charge in [0.05, 0.1) is 18.4 Å². The average Bonchev–Trinajstić information content (AvgIpc) is 3.40. The van der Waals surface area contributed by atoms with Gasteiger partial charge in [0.25, 0.3) is 11.7 Å². The third kappa shape index (κ3) is 3.95. The van der Waals surface area contributed by atoms with E-state index in [-0.39, 0.29) is 16.7 Å². The first-order chi connectivity index (χ1) is 15.6. The molecule has 1 saturated heterocycles. The van der Waals surface area contributed by atoms with Crippen LogP contribution in [0.3, 0.4) is 0 Å². The summed E-state index contributed by atoms with van der Waals surface area (Å²) in [5, 5.41) is 13.4. The molecule has 1 aliphatic heterocycles. The highest BCUT2D eigenvalue weighted by molar-refractivity contribution is 7.10. The fourth-order valence-corrected chi connectivity index (χ4v) is 4.94. The second-order valence-corrected chi connectivity index (χ2v) is 10.1. The third-order valence-electron chi connectivity index (χ3n) is 5.96. The predicted octanol–water partition coefficient (Wildman–Crippen LogP) is 5.99. The lowest BCUT2D eigenvalue weighted by molar-refractivity contribution is -0.132. The van der Waals surface area contributed by atoms with Crippen LogP contribution in [-0.2, 0) is 15.0 Å². The van der Waals surface area contributed by atoms with Gasteiger partial charge in [0.15, 0.2) is 0 Å². The van der Waals surface area contributed by atoms with E-state index in [1.165, 1.54) is 23.3 Å². The van der Waals surface area contributed by atoms with Gasteiger partial charge in [0, 0.05) is 10.4 Å². The highest BCUT2D eigenvalue weighted by atomic mass is 32.1. The molecule has 5 nitrogen and oxygen atoms in total. The number of hydrogen-bond acceptors (Lipinski definition) is 5. The van der Waals surface area contributed by atoms with Gasteiger partial charge in [-0.3, -0.25) is 14.5 Å². The Labute approximate surface area is 197 Å². The summed E-state index contributed by atoms with van der Waals surface area (Å²) in [6, 6.07) is 15.9. The Morgan fingerprint density at radius 2 is 1.79 bits per heavy atom. The molecule has 3 aromatic rings. The Kier molecular flexibility index (Phi) is 5.89. The number of methoxy groups -OCH3 is 1. The summed E-state index contributed by atoms with van der Waals surface area (Å²) in [4.78, 5) is 28.9. The van der Waals surface area contributed by atoms with Gasteiger partial charge < -0.3 is 9.84 Å². The molecule has 4 rings (SSSR count). The van der Waals surface area contributed by atoms with Gasteiger partial charge in [-0.15, -0.1) is 11.3 Å². The molecular formula is C27H27NO4S. The van der Waals surface area contributed by atoms with Gasteiger partial charge >= 0.3 is 0 Å². The van der Waals surface area contributed by atoms with E-state index in [0.29, 0.717) is 17.0 Å². The number of rotatable bonds is 4. The molecule has 1 fully saturated rings. The number of aliphatic hydroxyl groups excluding tert-OH is 1. The van der Waals surface area contributed by atoms with E-state index in [2.05, 4.69) is 20.8 Å². The summed E-state index contributed by atoms with van der Waals surface area (Å²) in [5.74, 6) is -1.08. The lowest BCUT2D eigenvalue weighted by atomic mass is 9.84. The largest absolute Gasteiger partial charge is 0.507 e. The van der Waals surface area contributed by atoms with Gasteiger partial charge in [-0.1, -0.05) is 51.1 Å². The summed E-state index contributed by atoms with van der Waals surface area (Å²) in [6.45, 7) is 8.16. The van der Waals surface area contributed by atoms with Crippen molar-refractivity contribution >= 4 is 34.5 Å². The van der Waals surface area contributed by atoms with Crippen LogP contribution in [0.4, 0.5) is 5.69 Å². The average molecular weight is 462 g/mol. The van der Waals surface area contributed by atoms with Crippen LogP contribution in [0.15, 0.2) is 65.6 Å². The standard InChI is InChI=1S/C27H27NO4S/c1-16-12-13-17(27(2,3)4)15-18(16)24(29)22-23(21-11-8-14-33-21)28(26(31)25(22)30)19-9-6-7-10-20(19)32-5/h6-15,23,29H,1-5H3/b24-22+. The normalized spacial score (nSPS) is 18.1. The van der Waals surface area contributed by atoms with E-state index in [9.17, 15) is 14.7 Å². The number of nitrogens with zero attached hydrogens (tertiary/aromatic N) is 1. The monoisotopic (exact) mass is 461 g/mol. The molecule has 0 aliphatic carbocycles. The number of ether oxygens (including phenoxy) is 1. The van der Waals surface area contributed by atoms with Crippen molar-refractivity contribution in [3.63, 3.8) is 0 Å². The van der Waals surface area contributed by atoms with Gasteiger partial charge in [-0.05, 0) is 53.1 Å². The van der Waals surface area contributed by atoms with Gasteiger partial charge in [-0.25, -0.2) is 0 Å². The lowest BCUT2D eigenvalue weighted by Crippen LogP contribution is -2.29. The number of anilines is 1. The second kappa shape index (κ2) is 8.52. The van der Waals surface area contributed by atoms with Crippen LogP contribution in [-0.4, -0.2) is 23.9 Å². The molecule has 0 radical (unpaired) electrons. The Bertz CT molecular complexity index is 1250. The number of Topliss-reactive ketones (excluding diaryl/α,β-unsaturated/α-hetero) is 1. The molecule has 2 aromatic carbocycles. The topological polar surface area (TPSA) is 66.8 Å². The first kappa shape index (κ1) is 22.8. The fourth-order valence-electron chi connectivity index (χ4n) is 4.11. The van der Waals surface area contributed by atoms with Gasteiger partial charge in [0.1, 0.15) is 17.6 Å². The van der Waals surface area contributed by atoms with E-state index in [1.807, 2.05) is 42.6 Å². The zero-order valence-electron chi connectivity index (χ0n) is 19.4. The lowest BCUT2D eigenvalue weighted by Gasteiger charge is -2.26. The van der Waals surface area contributed by atoms with E-state index >= 15 is 0 Å². The minimum absolute atomic E-state index is 0.0857. The van der Waals surface area contributed by atoms with Crippen molar-refractivity contribution in [2.24, 2.45) is 0 Å². The van der Waals surface area contributed by atoms with E-state index < -0.39 is 17.7 Å². The number of amides is 1. The molecule has 0 spiro atoms. The molecule has 1 aliphatic rings. The predicted molar refractivity (Wildman–Crippen MR) is 132 cm³/mol. The maximum atomic E-state index is 13.4. The van der Waals surface area contributed by atoms with Crippen LogP contribution >= 0.6 is 11.3 Å². The Morgan fingerprint density at radius 1 is 1.06 bits per heavy atom. The second-order valence-electron chi connectivity index (χ2n) is 9.14. The maximum Gasteiger partial charge on any atom is 0.300 e. The Hall–Kier alpha value is -3.38. The summed E-state index contributed by atoms with van der Waals surface area (Å²) < 4.78 is 5.48. The number of carbonyl (C=O) groups is 2. The number of aryl methyl sites for hydroxylation is 1. The molecule has 1 amide bonds. The summed E-state index contributed by atoms with van der Waals surface area (Å²) in [7, 11) is 1.52. The van der Waals surface area contributed by atoms with Gasteiger partial charge in [0.2, 0.25) is 0 Å². The maximum absolute atomic E-state index is 13.4. The van der Waals surface area contributed by atoms with Crippen molar-refractivity contribution < 1.29 is 19.4 Å². The van der Waals surface area contributed by atoms with Crippen molar-refractivity contribution in [1.29, 1.82) is 0 Å². The SMILES string of the molecule is COc1ccccc1N1C(=O)C(=O)/C(=C(/O)c2cc(C(C)(C)C)ccc2C)C1c1cccs1. The highest BCUT2D eigenvalue weighted by Gasteiger charge is 2.48. The minimum Gasteiger partial charge on any atom is -0.507 e. The summed E-state index contributed by atoms with van der Waals surface area (Å²) in [5.41, 5.74) is 2.85. The van der Waals surface area contributed by atoms with Crippen LogP contribution in [0.5, 0.6) is 5.75 Å². The molecule has 0 bridgehead atoms. The molecule has 170 valence electrons. The van der Waals surface area contributed by atoms with Crippen molar-refractivity contribution in [3.05, 3.63) is 87.1 Å². The highest BCUT2D eigenvalue weighted by Crippen LogP contribution is 2.46. The van der Waals surface area contributed by atoms with Crippen LogP contribution in [0.25, 0.3) is 5.76 Å². The Morgan fingerprint density at radius 3 is 2.42 bits per heavy atom. The molecule has 6 heteroatoms. The number of aliphatic hydroxyl groups is 1. The van der Waals surface area contributed by atoms with Crippen LogP contribution in [0.1, 0.15) is 48.4 Å². The number of para-hydroxylation sites is 2. The molecule has 0 saturated carbocycles. The van der Waals surface area contributed by atoms with Crippen molar-refractivity contribution in [2.45, 2.75) is 39.2 Å². The number of carbonyl (C=O) groups excluding carboxylic acids is 2. The van der Waals surface area contributed by atoms with E-state index in [1.54, 1.807) is 24.3 Å². The smallest absolute Gasteiger partial charge is 0.300 e. The summed E-state index contributed by atoms with van der Waals surface area (Å²) >= 11 is 1.43.